The van der Waals surface area contributed by atoms with Crippen molar-refractivity contribution in [3.8, 4) is 0 Å². The minimum Gasteiger partial charge on any atom is -0.0854 e. The van der Waals surface area contributed by atoms with Gasteiger partial charge in [0.25, 0.3) is 0 Å². The summed E-state index contributed by atoms with van der Waals surface area (Å²) in [6, 6.07) is 9.35. The van der Waals surface area contributed by atoms with Gasteiger partial charge in [-0.3, -0.25) is 0 Å². The summed E-state index contributed by atoms with van der Waals surface area (Å²) in [5, 5.41) is 0. The molecule has 1 aromatic rings. The van der Waals surface area contributed by atoms with Crippen molar-refractivity contribution >= 4 is 0 Å². The maximum atomic E-state index is 2.58. The van der Waals surface area contributed by atoms with Crippen LogP contribution in [0.5, 0.6) is 0 Å². The Labute approximate surface area is 161 Å². The second kappa shape index (κ2) is 8.32. The molecule has 3 aliphatic carbocycles. The summed E-state index contributed by atoms with van der Waals surface area (Å²) >= 11 is 0. The molecule has 0 N–H and O–H groups in total. The fourth-order valence-corrected chi connectivity index (χ4v) is 6.18. The maximum absolute atomic E-state index is 2.58. The van der Waals surface area contributed by atoms with Crippen molar-refractivity contribution < 1.29 is 0 Å². The van der Waals surface area contributed by atoms with Crippen LogP contribution in [0.2, 0.25) is 0 Å². The smallest absolute Gasteiger partial charge is 0.0162 e. The standard InChI is InChI=1S/C26H38/c1-19-3-7-21(8-4-19)23-11-15-25(16-12-23)26-17-13-24(14-18-26)22-9-5-20(2)6-10-22/h3-5,7-9,20,22-26H,6,10-18H2,1-2H3. The van der Waals surface area contributed by atoms with E-state index >= 15 is 0 Å². The molecule has 0 aromatic heterocycles. The van der Waals surface area contributed by atoms with Crippen LogP contribution in [0.25, 0.3) is 0 Å². The molecule has 2 atom stereocenters. The first-order valence-corrected chi connectivity index (χ1v) is 11.4. The molecule has 1 aromatic carbocycles. The lowest BCUT2D eigenvalue weighted by Crippen LogP contribution is -2.28. The Kier molecular flexibility index (Phi) is 5.87. The average Bonchev–Trinajstić information content (AvgIpc) is 2.70. The van der Waals surface area contributed by atoms with E-state index in [-0.39, 0.29) is 0 Å². The molecule has 0 radical (unpaired) electrons. The Bertz CT molecular complexity index is 579. The van der Waals surface area contributed by atoms with Gasteiger partial charge in [-0.15, -0.1) is 0 Å². The molecule has 0 bridgehead atoms. The van der Waals surface area contributed by atoms with Crippen LogP contribution in [0.4, 0.5) is 0 Å². The van der Waals surface area contributed by atoms with E-state index in [4.69, 9.17) is 0 Å². The zero-order valence-corrected chi connectivity index (χ0v) is 17.0. The monoisotopic (exact) mass is 350 g/mol. The molecule has 142 valence electrons. The number of hydrogen-bond acceptors (Lipinski definition) is 0. The molecular weight excluding hydrogens is 312 g/mol. The topological polar surface area (TPSA) is 0 Å². The highest BCUT2D eigenvalue weighted by Gasteiger charge is 2.33. The molecule has 0 saturated heterocycles. The summed E-state index contributed by atoms with van der Waals surface area (Å²) in [4.78, 5) is 0. The number of allylic oxidation sites excluding steroid dienone is 2. The average molecular weight is 351 g/mol. The molecule has 2 saturated carbocycles. The van der Waals surface area contributed by atoms with Crippen LogP contribution in [0.1, 0.15) is 88.2 Å². The van der Waals surface area contributed by atoms with E-state index in [0.717, 1.165) is 35.5 Å². The fraction of sp³-hybridized carbons (Fsp3) is 0.692. The lowest BCUT2D eigenvalue weighted by atomic mass is 9.66. The van der Waals surface area contributed by atoms with Gasteiger partial charge in [-0.2, -0.15) is 0 Å². The zero-order valence-electron chi connectivity index (χ0n) is 17.0. The highest BCUT2D eigenvalue weighted by molar-refractivity contribution is 5.24. The zero-order chi connectivity index (χ0) is 17.9. The first-order valence-electron chi connectivity index (χ1n) is 11.4. The van der Waals surface area contributed by atoms with Gasteiger partial charge in [-0.1, -0.05) is 48.9 Å². The highest BCUT2D eigenvalue weighted by Crippen LogP contribution is 2.46. The molecule has 0 nitrogen and oxygen atoms in total. The van der Waals surface area contributed by atoms with Crippen LogP contribution in [-0.2, 0) is 0 Å². The number of benzene rings is 1. The quantitative estimate of drug-likeness (QED) is 0.490. The minimum atomic E-state index is 0.825. The van der Waals surface area contributed by atoms with Crippen LogP contribution >= 0.6 is 0 Å². The predicted octanol–water partition coefficient (Wildman–Crippen LogP) is 7.68. The van der Waals surface area contributed by atoms with E-state index in [1.165, 1.54) is 69.8 Å². The van der Waals surface area contributed by atoms with Crippen LogP contribution in [0.3, 0.4) is 0 Å². The van der Waals surface area contributed by atoms with Crippen molar-refractivity contribution in [2.45, 2.75) is 84.0 Å². The first kappa shape index (κ1) is 18.3. The summed E-state index contributed by atoms with van der Waals surface area (Å²) in [5.41, 5.74) is 2.98. The van der Waals surface area contributed by atoms with Gasteiger partial charge in [0.15, 0.2) is 0 Å². The second-order valence-electron chi connectivity index (χ2n) is 9.80. The van der Waals surface area contributed by atoms with E-state index in [0.29, 0.717) is 0 Å². The van der Waals surface area contributed by atoms with Crippen molar-refractivity contribution in [2.24, 2.45) is 29.6 Å². The molecule has 4 rings (SSSR count). The third kappa shape index (κ3) is 4.26. The molecule has 0 heterocycles. The van der Waals surface area contributed by atoms with Crippen LogP contribution < -0.4 is 0 Å². The minimum absolute atomic E-state index is 0.825. The Morgan fingerprint density at radius 2 is 1.19 bits per heavy atom. The van der Waals surface area contributed by atoms with E-state index < -0.39 is 0 Å². The number of hydrogen-bond donors (Lipinski definition) is 0. The lowest BCUT2D eigenvalue weighted by Gasteiger charge is -2.40. The Hall–Kier alpha value is -1.04. The van der Waals surface area contributed by atoms with Gasteiger partial charge >= 0.3 is 0 Å². The molecule has 0 amide bonds. The molecule has 2 unspecified atom stereocenters. The predicted molar refractivity (Wildman–Crippen MR) is 112 cm³/mol. The van der Waals surface area contributed by atoms with Crippen LogP contribution in [0, 0.1) is 36.5 Å². The van der Waals surface area contributed by atoms with Crippen molar-refractivity contribution in [3.63, 3.8) is 0 Å². The number of rotatable bonds is 3. The van der Waals surface area contributed by atoms with Crippen molar-refractivity contribution in [3.05, 3.63) is 47.5 Å². The Morgan fingerprint density at radius 3 is 1.77 bits per heavy atom. The van der Waals surface area contributed by atoms with E-state index in [1.54, 1.807) is 5.56 Å². The largest absolute Gasteiger partial charge is 0.0854 e. The summed E-state index contributed by atoms with van der Waals surface area (Å²) in [5.74, 6) is 5.63. The van der Waals surface area contributed by atoms with Crippen molar-refractivity contribution in [2.75, 3.05) is 0 Å². The molecule has 0 spiro atoms. The number of aryl methyl sites for hydroxylation is 1. The summed E-state index contributed by atoms with van der Waals surface area (Å²) in [7, 11) is 0. The molecule has 0 heteroatoms. The van der Waals surface area contributed by atoms with Gasteiger partial charge in [0.05, 0.1) is 0 Å². The van der Waals surface area contributed by atoms with Crippen molar-refractivity contribution in [1.82, 2.24) is 0 Å². The normalized spacial score (nSPS) is 38.2. The molecular formula is C26H38. The second-order valence-corrected chi connectivity index (χ2v) is 9.80. The van der Waals surface area contributed by atoms with Crippen LogP contribution in [-0.4, -0.2) is 0 Å². The highest BCUT2D eigenvalue weighted by atomic mass is 14.4. The molecule has 2 fully saturated rings. The van der Waals surface area contributed by atoms with Gasteiger partial charge in [0, 0.05) is 0 Å². The molecule has 0 aliphatic heterocycles. The summed E-state index contributed by atoms with van der Waals surface area (Å²) in [6.07, 6.45) is 19.8. The third-order valence-electron chi connectivity index (χ3n) is 8.05. The SMILES string of the molecule is Cc1ccc(C2CCC(C3CCC(C4C=CC(C)CC4)CC3)CC2)cc1. The van der Waals surface area contributed by atoms with E-state index in [9.17, 15) is 0 Å². The lowest BCUT2D eigenvalue weighted by molar-refractivity contribution is 0.139. The van der Waals surface area contributed by atoms with E-state index in [2.05, 4.69) is 50.3 Å². The van der Waals surface area contributed by atoms with Gasteiger partial charge in [-0.25, -0.2) is 0 Å². The maximum Gasteiger partial charge on any atom is -0.0162 e. The first-order chi connectivity index (χ1) is 12.7. The van der Waals surface area contributed by atoms with Gasteiger partial charge in [0.2, 0.25) is 0 Å². The third-order valence-corrected chi connectivity index (χ3v) is 8.05. The van der Waals surface area contributed by atoms with Crippen LogP contribution in [0.15, 0.2) is 36.4 Å². The van der Waals surface area contributed by atoms with E-state index in [1.807, 2.05) is 0 Å². The molecule has 3 aliphatic rings. The molecule has 26 heavy (non-hydrogen) atoms. The Balaban J connectivity index is 1.24. The Morgan fingerprint density at radius 1 is 0.615 bits per heavy atom. The van der Waals surface area contributed by atoms with Gasteiger partial charge in [-0.05, 0) is 112 Å². The summed E-state index contributed by atoms with van der Waals surface area (Å²) in [6.45, 7) is 4.57. The van der Waals surface area contributed by atoms with Gasteiger partial charge < -0.3 is 0 Å². The van der Waals surface area contributed by atoms with Crippen molar-refractivity contribution in [1.29, 1.82) is 0 Å². The summed E-state index contributed by atoms with van der Waals surface area (Å²) < 4.78 is 0. The fourth-order valence-electron chi connectivity index (χ4n) is 6.18. The van der Waals surface area contributed by atoms with Gasteiger partial charge in [0.1, 0.15) is 0 Å².